The second-order valence-electron chi connectivity index (χ2n) is 7.61. The first kappa shape index (κ1) is 24.7. The molecule has 1 heterocycles. The predicted molar refractivity (Wildman–Crippen MR) is 131 cm³/mol. The lowest BCUT2D eigenvalue weighted by Crippen LogP contribution is -2.34. The highest BCUT2D eigenvalue weighted by molar-refractivity contribution is 6.19. The minimum atomic E-state index is -1.18. The van der Waals surface area contributed by atoms with E-state index in [9.17, 15) is 14.7 Å². The number of hydrogen-bond acceptors (Lipinski definition) is 8. The van der Waals surface area contributed by atoms with Gasteiger partial charge in [-0.1, -0.05) is 42.5 Å². The number of anilines is 1. The van der Waals surface area contributed by atoms with Crippen LogP contribution in [0.15, 0.2) is 66.7 Å². The van der Waals surface area contributed by atoms with Crippen LogP contribution in [-0.4, -0.2) is 57.4 Å². The fourth-order valence-electron chi connectivity index (χ4n) is 3.46. The third kappa shape index (κ3) is 5.19. The summed E-state index contributed by atoms with van der Waals surface area (Å²) in [7, 11) is 0. The Hall–Kier alpha value is -3.89. The molecular formula is C25H26N4O5. The van der Waals surface area contributed by atoms with E-state index in [1.54, 1.807) is 12.1 Å². The molecule has 0 spiro atoms. The van der Waals surface area contributed by atoms with Crippen LogP contribution in [0.25, 0.3) is 32.9 Å². The van der Waals surface area contributed by atoms with Gasteiger partial charge in [0.15, 0.2) is 5.78 Å². The van der Waals surface area contributed by atoms with Crippen molar-refractivity contribution in [3.63, 3.8) is 0 Å². The number of aliphatic hydroxyl groups is 2. The molecule has 0 radical (unpaired) electrons. The highest BCUT2D eigenvalue weighted by atomic mass is 16.4. The van der Waals surface area contributed by atoms with Crippen molar-refractivity contribution >= 4 is 39.2 Å². The van der Waals surface area contributed by atoms with Gasteiger partial charge in [-0.3, -0.25) is 9.59 Å². The highest BCUT2D eigenvalue weighted by Crippen LogP contribution is 2.37. The molecule has 3 aromatic carbocycles. The number of benzene rings is 3. The van der Waals surface area contributed by atoms with Gasteiger partial charge in [0, 0.05) is 27.6 Å². The molecule has 0 aliphatic heterocycles. The number of nitrogens with two attached hydrogens (primary N) is 3. The van der Waals surface area contributed by atoms with E-state index in [0.717, 1.165) is 27.4 Å². The maximum atomic E-state index is 12.8. The van der Waals surface area contributed by atoms with Crippen molar-refractivity contribution in [1.29, 1.82) is 0 Å². The van der Waals surface area contributed by atoms with Crippen molar-refractivity contribution in [2.75, 3.05) is 18.9 Å². The number of aliphatic carboxylic acids is 1. The van der Waals surface area contributed by atoms with Crippen LogP contribution >= 0.6 is 0 Å². The summed E-state index contributed by atoms with van der Waals surface area (Å²) in [6.45, 7) is -0.914. The molecule has 0 unspecified atom stereocenters. The minimum absolute atomic E-state index is 0.308. The lowest BCUT2D eigenvalue weighted by Gasteiger charge is -2.16. The molecule has 9 heteroatoms. The molecule has 9 nitrogen and oxygen atoms in total. The molecular weight excluding hydrogens is 436 g/mol. The van der Waals surface area contributed by atoms with E-state index in [4.69, 9.17) is 32.4 Å². The largest absolute Gasteiger partial charge is 0.480 e. The first-order valence-electron chi connectivity index (χ1n) is 10.5. The second kappa shape index (κ2) is 10.8. The number of fused-ring (bicyclic) bond motifs is 2. The number of aliphatic hydroxyl groups excluding tert-OH is 2. The van der Waals surface area contributed by atoms with Crippen LogP contribution in [0.5, 0.6) is 0 Å². The Kier molecular flexibility index (Phi) is 7.87. The van der Waals surface area contributed by atoms with E-state index < -0.39 is 31.3 Å². The number of para-hydroxylation sites is 1. The zero-order chi connectivity index (χ0) is 24.8. The van der Waals surface area contributed by atoms with E-state index in [0.29, 0.717) is 16.8 Å². The Morgan fingerprint density at radius 1 is 0.824 bits per heavy atom. The number of hydrogen-bond donors (Lipinski definition) is 6. The van der Waals surface area contributed by atoms with Crippen LogP contribution in [0.4, 0.5) is 5.69 Å². The third-order valence-electron chi connectivity index (χ3n) is 5.22. The van der Waals surface area contributed by atoms with Gasteiger partial charge in [-0.25, -0.2) is 4.98 Å². The molecule has 34 heavy (non-hydrogen) atoms. The summed E-state index contributed by atoms with van der Waals surface area (Å²) >= 11 is 0. The molecule has 1 aromatic heterocycles. The highest BCUT2D eigenvalue weighted by Gasteiger charge is 2.21. The molecule has 0 saturated carbocycles. The molecule has 0 amide bonds. The predicted octanol–water partition coefficient (Wildman–Crippen LogP) is 1.53. The average Bonchev–Trinajstić information content (AvgIpc) is 2.86. The summed E-state index contributed by atoms with van der Waals surface area (Å²) in [5, 5.41) is 26.9. The Bertz CT molecular complexity index is 1320. The zero-order valence-electron chi connectivity index (χ0n) is 18.3. The second-order valence-corrected chi connectivity index (χ2v) is 7.61. The summed E-state index contributed by atoms with van der Waals surface area (Å²) in [5.41, 5.74) is 21.0. The Balaban J connectivity index is 0.000000406. The lowest BCUT2D eigenvalue weighted by atomic mass is 9.91. The van der Waals surface area contributed by atoms with Gasteiger partial charge in [-0.05, 0) is 29.8 Å². The van der Waals surface area contributed by atoms with Gasteiger partial charge in [0.25, 0.3) is 0 Å². The maximum Gasteiger partial charge on any atom is 0.322 e. The van der Waals surface area contributed by atoms with Gasteiger partial charge < -0.3 is 32.5 Å². The molecule has 176 valence electrons. The number of ketones is 1. The topological polar surface area (TPSA) is 186 Å². The van der Waals surface area contributed by atoms with Gasteiger partial charge in [0.1, 0.15) is 6.04 Å². The van der Waals surface area contributed by atoms with Crippen LogP contribution in [0.1, 0.15) is 10.4 Å². The first-order valence-corrected chi connectivity index (χ1v) is 10.5. The van der Waals surface area contributed by atoms with Gasteiger partial charge in [0.2, 0.25) is 0 Å². The number of carboxylic acids is 1. The number of pyridine rings is 1. The van der Waals surface area contributed by atoms with E-state index in [-0.39, 0.29) is 5.78 Å². The zero-order valence-corrected chi connectivity index (χ0v) is 18.3. The molecule has 0 bridgehead atoms. The maximum absolute atomic E-state index is 12.8. The summed E-state index contributed by atoms with van der Waals surface area (Å²) in [5.74, 6) is -1.49. The Morgan fingerprint density at radius 2 is 1.44 bits per heavy atom. The van der Waals surface area contributed by atoms with Gasteiger partial charge in [-0.15, -0.1) is 0 Å². The van der Waals surface area contributed by atoms with Crippen molar-refractivity contribution in [1.82, 2.24) is 4.98 Å². The SMILES string of the molecule is N[C@@H](CO)C(=O)O.Nc1ccc(-c2c3ccccc3nc3cccc(C(=O)[C@@H](N)CO)c23)cc1. The van der Waals surface area contributed by atoms with Gasteiger partial charge in [0.05, 0.1) is 30.3 Å². The van der Waals surface area contributed by atoms with Crippen molar-refractivity contribution in [3.05, 3.63) is 72.3 Å². The Labute approximate surface area is 195 Å². The number of nitrogen functional groups attached to an aromatic ring is 1. The van der Waals surface area contributed by atoms with Crippen LogP contribution in [0.3, 0.4) is 0 Å². The molecule has 0 aliphatic carbocycles. The average molecular weight is 463 g/mol. The van der Waals surface area contributed by atoms with Gasteiger partial charge >= 0.3 is 5.97 Å². The molecule has 4 rings (SSSR count). The van der Waals surface area contributed by atoms with E-state index >= 15 is 0 Å². The third-order valence-corrected chi connectivity index (χ3v) is 5.22. The standard InChI is InChI=1S/C22H19N3O2.C3H7NO3/c23-14-10-8-13(9-11-14)20-15-4-1-2-6-18(15)25-19-7-3-5-16(21(19)20)22(27)17(24)12-26;4-2(1-5)3(6)7/h1-11,17,26H,12,23-24H2;2,5H,1,4H2,(H,6,7)/t17-;2-/m00/s1. The summed E-state index contributed by atoms with van der Waals surface area (Å²) in [4.78, 5) is 27.2. The van der Waals surface area contributed by atoms with Crippen molar-refractivity contribution in [3.8, 4) is 11.1 Å². The molecule has 4 aromatic rings. The monoisotopic (exact) mass is 462 g/mol. The number of carboxylic acid groups (broad SMARTS) is 1. The van der Waals surface area contributed by atoms with E-state index in [2.05, 4.69) is 0 Å². The van der Waals surface area contributed by atoms with E-state index in [1.165, 1.54) is 0 Å². The quantitative estimate of drug-likeness (QED) is 0.140. The molecule has 9 N–H and O–H groups in total. The molecule has 2 atom stereocenters. The fourth-order valence-corrected chi connectivity index (χ4v) is 3.46. The summed E-state index contributed by atoms with van der Waals surface area (Å²) in [6.07, 6.45) is 0. The molecule has 0 saturated heterocycles. The summed E-state index contributed by atoms with van der Waals surface area (Å²) < 4.78 is 0. The number of nitrogens with zero attached hydrogens (tertiary/aromatic N) is 1. The number of rotatable bonds is 6. The van der Waals surface area contributed by atoms with Crippen LogP contribution in [0.2, 0.25) is 0 Å². The Morgan fingerprint density at radius 3 is 2.03 bits per heavy atom. The number of carbonyl (C=O) groups excluding carboxylic acids is 1. The van der Waals surface area contributed by atoms with Crippen molar-refractivity contribution in [2.45, 2.75) is 12.1 Å². The number of Topliss-reactive ketones (excluding diaryl/α,β-unsaturated/α-hetero) is 1. The fraction of sp³-hybridized carbons (Fsp3) is 0.160. The van der Waals surface area contributed by atoms with Crippen molar-refractivity contribution in [2.24, 2.45) is 11.5 Å². The van der Waals surface area contributed by atoms with Crippen LogP contribution in [-0.2, 0) is 4.79 Å². The molecule has 0 fully saturated rings. The van der Waals surface area contributed by atoms with Crippen LogP contribution in [0, 0.1) is 0 Å². The first-order chi connectivity index (χ1) is 16.3. The van der Waals surface area contributed by atoms with E-state index in [1.807, 2.05) is 54.6 Å². The van der Waals surface area contributed by atoms with Crippen molar-refractivity contribution < 1.29 is 24.9 Å². The normalized spacial score (nSPS) is 12.6. The van der Waals surface area contributed by atoms with Gasteiger partial charge in [-0.2, -0.15) is 0 Å². The lowest BCUT2D eigenvalue weighted by molar-refractivity contribution is -0.139. The molecule has 0 aliphatic rings. The smallest absolute Gasteiger partial charge is 0.322 e. The minimum Gasteiger partial charge on any atom is -0.480 e. The number of aromatic nitrogens is 1. The van der Waals surface area contributed by atoms with Crippen LogP contribution < -0.4 is 17.2 Å². The number of carbonyl (C=O) groups is 2. The summed E-state index contributed by atoms with van der Waals surface area (Å²) in [6, 6.07) is 18.7.